The molecule has 0 radical (unpaired) electrons. The molecule has 5 heteroatoms. The van der Waals surface area contributed by atoms with E-state index in [9.17, 15) is 14.4 Å². The molecule has 2 rings (SSSR count). The minimum Gasteiger partial charge on any atom is -0.480 e. The molecule has 0 saturated carbocycles. The van der Waals surface area contributed by atoms with Gasteiger partial charge in [-0.2, -0.15) is 0 Å². The molecular formula is C16H13NO4. The highest BCUT2D eigenvalue weighted by atomic mass is 16.4. The first-order chi connectivity index (χ1) is 10.1. The molecule has 0 aliphatic carbocycles. The molecule has 0 bridgehead atoms. The number of carboxylic acid groups (broad SMARTS) is 1. The molecule has 1 amide bonds. The van der Waals surface area contributed by atoms with Gasteiger partial charge in [-0.3, -0.25) is 14.4 Å². The number of aliphatic carboxylic acids is 1. The largest absolute Gasteiger partial charge is 0.480 e. The van der Waals surface area contributed by atoms with Crippen molar-refractivity contribution in [3.8, 4) is 0 Å². The van der Waals surface area contributed by atoms with Crippen LogP contribution in [0.2, 0.25) is 0 Å². The van der Waals surface area contributed by atoms with E-state index in [0.29, 0.717) is 16.7 Å². The van der Waals surface area contributed by atoms with Crippen LogP contribution in [0.5, 0.6) is 0 Å². The van der Waals surface area contributed by atoms with Crippen LogP contribution < -0.4 is 5.32 Å². The summed E-state index contributed by atoms with van der Waals surface area (Å²) in [7, 11) is 0. The van der Waals surface area contributed by atoms with E-state index in [1.165, 1.54) is 12.1 Å². The normalized spacial score (nSPS) is 9.90. The van der Waals surface area contributed by atoms with Gasteiger partial charge in [0.2, 0.25) is 0 Å². The molecular weight excluding hydrogens is 270 g/mol. The Morgan fingerprint density at radius 3 is 1.90 bits per heavy atom. The first-order valence-corrected chi connectivity index (χ1v) is 6.28. The second kappa shape index (κ2) is 6.47. The summed E-state index contributed by atoms with van der Waals surface area (Å²) in [4.78, 5) is 34.2. The van der Waals surface area contributed by atoms with Crippen LogP contribution in [0.4, 0.5) is 0 Å². The summed E-state index contributed by atoms with van der Waals surface area (Å²) in [5.41, 5.74) is 1.34. The average molecular weight is 283 g/mol. The Balaban J connectivity index is 2.10. The zero-order chi connectivity index (χ0) is 15.2. The van der Waals surface area contributed by atoms with Gasteiger partial charge in [0.15, 0.2) is 5.78 Å². The number of benzene rings is 2. The van der Waals surface area contributed by atoms with Gasteiger partial charge < -0.3 is 10.4 Å². The molecule has 2 aromatic carbocycles. The van der Waals surface area contributed by atoms with Crippen molar-refractivity contribution in [1.29, 1.82) is 0 Å². The number of carbonyl (C=O) groups excluding carboxylic acids is 2. The van der Waals surface area contributed by atoms with Crippen LogP contribution in [-0.2, 0) is 4.79 Å². The van der Waals surface area contributed by atoms with Crippen molar-refractivity contribution in [3.05, 3.63) is 71.3 Å². The Kier molecular flexibility index (Phi) is 4.46. The topological polar surface area (TPSA) is 83.5 Å². The number of nitrogens with one attached hydrogen (secondary N) is 1. The fourth-order valence-electron chi connectivity index (χ4n) is 1.79. The summed E-state index contributed by atoms with van der Waals surface area (Å²) in [6.45, 7) is -0.441. The van der Waals surface area contributed by atoms with Crippen molar-refractivity contribution in [2.75, 3.05) is 6.54 Å². The summed E-state index contributed by atoms with van der Waals surface area (Å²) in [5, 5.41) is 10.7. The van der Waals surface area contributed by atoms with Gasteiger partial charge in [0, 0.05) is 16.7 Å². The van der Waals surface area contributed by atoms with Gasteiger partial charge in [-0.15, -0.1) is 0 Å². The first-order valence-electron chi connectivity index (χ1n) is 6.28. The van der Waals surface area contributed by atoms with Crippen molar-refractivity contribution >= 4 is 17.7 Å². The first kappa shape index (κ1) is 14.5. The highest BCUT2D eigenvalue weighted by Crippen LogP contribution is 2.11. The van der Waals surface area contributed by atoms with Gasteiger partial charge in [-0.1, -0.05) is 42.5 Å². The lowest BCUT2D eigenvalue weighted by atomic mass is 10.0. The third-order valence-electron chi connectivity index (χ3n) is 2.85. The second-order valence-electron chi connectivity index (χ2n) is 4.35. The van der Waals surface area contributed by atoms with Crippen molar-refractivity contribution in [2.24, 2.45) is 0 Å². The molecule has 0 unspecified atom stereocenters. The van der Waals surface area contributed by atoms with E-state index >= 15 is 0 Å². The zero-order valence-electron chi connectivity index (χ0n) is 11.1. The lowest BCUT2D eigenvalue weighted by Crippen LogP contribution is -2.29. The highest BCUT2D eigenvalue weighted by molar-refractivity contribution is 6.09. The van der Waals surface area contributed by atoms with E-state index in [4.69, 9.17) is 5.11 Å². The summed E-state index contributed by atoms with van der Waals surface area (Å²) >= 11 is 0. The fourth-order valence-corrected chi connectivity index (χ4v) is 1.79. The molecule has 0 atom stereocenters. The molecule has 0 heterocycles. The number of hydrogen-bond donors (Lipinski definition) is 2. The molecule has 21 heavy (non-hydrogen) atoms. The Bertz CT molecular complexity index is 662. The molecule has 0 aromatic heterocycles. The van der Waals surface area contributed by atoms with E-state index in [-0.39, 0.29) is 5.78 Å². The van der Waals surface area contributed by atoms with Crippen LogP contribution in [0, 0.1) is 0 Å². The maximum absolute atomic E-state index is 12.2. The minimum atomic E-state index is -1.11. The Labute approximate surface area is 121 Å². The van der Waals surface area contributed by atoms with E-state index in [2.05, 4.69) is 5.32 Å². The highest BCUT2D eigenvalue weighted by Gasteiger charge is 2.11. The molecule has 0 aliphatic heterocycles. The lowest BCUT2D eigenvalue weighted by molar-refractivity contribution is -0.135. The van der Waals surface area contributed by atoms with Crippen LogP contribution in [-0.4, -0.2) is 29.3 Å². The van der Waals surface area contributed by atoms with E-state index in [1.807, 2.05) is 6.07 Å². The molecule has 0 aliphatic rings. The number of carbonyl (C=O) groups is 3. The monoisotopic (exact) mass is 283 g/mol. The zero-order valence-corrected chi connectivity index (χ0v) is 11.1. The molecule has 2 N–H and O–H groups in total. The van der Waals surface area contributed by atoms with Crippen molar-refractivity contribution in [3.63, 3.8) is 0 Å². The Morgan fingerprint density at radius 2 is 1.33 bits per heavy atom. The standard InChI is InChI=1S/C16H13NO4/c18-14(19)10-17-16(21)13-8-6-12(7-9-13)15(20)11-4-2-1-3-5-11/h1-9H,10H2,(H,17,21)(H,18,19). The van der Waals surface area contributed by atoms with Crippen LogP contribution in [0.25, 0.3) is 0 Å². The van der Waals surface area contributed by atoms with E-state index < -0.39 is 18.4 Å². The molecule has 106 valence electrons. The van der Waals surface area contributed by atoms with Gasteiger partial charge in [-0.05, 0) is 12.1 Å². The number of rotatable bonds is 5. The molecule has 0 fully saturated rings. The molecule has 5 nitrogen and oxygen atoms in total. The van der Waals surface area contributed by atoms with Crippen LogP contribution in [0.15, 0.2) is 54.6 Å². The van der Waals surface area contributed by atoms with Crippen molar-refractivity contribution in [2.45, 2.75) is 0 Å². The molecule has 0 saturated heterocycles. The van der Waals surface area contributed by atoms with Gasteiger partial charge in [0.25, 0.3) is 5.91 Å². The summed E-state index contributed by atoms with van der Waals surface area (Å²) in [6.07, 6.45) is 0. The van der Waals surface area contributed by atoms with Crippen LogP contribution in [0.3, 0.4) is 0 Å². The quantitative estimate of drug-likeness (QED) is 0.819. The van der Waals surface area contributed by atoms with E-state index in [1.54, 1.807) is 36.4 Å². The third kappa shape index (κ3) is 3.76. The third-order valence-corrected chi connectivity index (χ3v) is 2.85. The lowest BCUT2D eigenvalue weighted by Gasteiger charge is -2.04. The Hall–Kier alpha value is -2.95. The summed E-state index contributed by atoms with van der Waals surface area (Å²) in [5.74, 6) is -1.73. The Morgan fingerprint density at radius 1 is 0.810 bits per heavy atom. The molecule has 0 spiro atoms. The maximum Gasteiger partial charge on any atom is 0.322 e. The minimum absolute atomic E-state index is 0.131. The van der Waals surface area contributed by atoms with Gasteiger partial charge >= 0.3 is 5.97 Å². The number of amides is 1. The number of hydrogen-bond acceptors (Lipinski definition) is 3. The predicted octanol–water partition coefficient (Wildman–Crippen LogP) is 1.73. The van der Waals surface area contributed by atoms with Gasteiger partial charge in [0.05, 0.1) is 0 Å². The van der Waals surface area contributed by atoms with E-state index in [0.717, 1.165) is 0 Å². The predicted molar refractivity (Wildman–Crippen MR) is 76.3 cm³/mol. The van der Waals surface area contributed by atoms with Crippen LogP contribution in [0.1, 0.15) is 26.3 Å². The smallest absolute Gasteiger partial charge is 0.322 e. The summed E-state index contributed by atoms with van der Waals surface area (Å²) < 4.78 is 0. The second-order valence-corrected chi connectivity index (χ2v) is 4.35. The maximum atomic E-state index is 12.2. The van der Waals surface area contributed by atoms with Crippen LogP contribution >= 0.6 is 0 Å². The fraction of sp³-hybridized carbons (Fsp3) is 0.0625. The number of ketones is 1. The SMILES string of the molecule is O=C(O)CNC(=O)c1ccc(C(=O)c2ccccc2)cc1. The van der Waals surface area contributed by atoms with Gasteiger partial charge in [-0.25, -0.2) is 0 Å². The average Bonchev–Trinajstić information content (AvgIpc) is 2.53. The van der Waals surface area contributed by atoms with Gasteiger partial charge in [0.1, 0.15) is 6.54 Å². The number of carboxylic acids is 1. The summed E-state index contributed by atoms with van der Waals surface area (Å²) in [6, 6.07) is 14.9. The molecule has 2 aromatic rings. The van der Waals surface area contributed by atoms with Crippen molar-refractivity contribution in [1.82, 2.24) is 5.32 Å². The van der Waals surface area contributed by atoms with Crippen molar-refractivity contribution < 1.29 is 19.5 Å².